The Morgan fingerprint density at radius 3 is 2.43 bits per heavy atom. The molecule has 1 aliphatic heterocycles. The van der Waals surface area contributed by atoms with Crippen LogP contribution in [0.2, 0.25) is 0 Å². The topological polar surface area (TPSA) is 20.3 Å². The maximum absolute atomic E-state index is 13.2. The second-order valence-electron chi connectivity index (χ2n) is 5.90. The number of amides is 1. The van der Waals surface area contributed by atoms with Crippen LogP contribution in [0.5, 0.6) is 0 Å². The summed E-state index contributed by atoms with van der Waals surface area (Å²) in [4.78, 5) is 14.1. The number of carbonyl (C=O) groups excluding carboxylic acids is 1. The van der Waals surface area contributed by atoms with Crippen molar-refractivity contribution in [2.24, 2.45) is 5.92 Å². The second kappa shape index (κ2) is 5.35. The van der Waals surface area contributed by atoms with Crippen molar-refractivity contribution >= 4 is 5.91 Å². The van der Waals surface area contributed by atoms with E-state index < -0.39 is 17.8 Å². The zero-order valence-electron chi connectivity index (χ0n) is 11.7. The summed E-state index contributed by atoms with van der Waals surface area (Å²) in [5, 5.41) is 0. The first kappa shape index (κ1) is 14.4. The third-order valence-corrected chi connectivity index (χ3v) is 4.62. The molecule has 1 heterocycles. The van der Waals surface area contributed by atoms with Crippen LogP contribution in [0.3, 0.4) is 0 Å². The van der Waals surface area contributed by atoms with Crippen LogP contribution in [0.1, 0.15) is 49.3 Å². The second-order valence-corrected chi connectivity index (χ2v) is 5.90. The summed E-state index contributed by atoms with van der Waals surface area (Å²) in [5.74, 6) is 0.0735. The lowest BCUT2D eigenvalue weighted by Gasteiger charge is -2.33. The highest BCUT2D eigenvalue weighted by molar-refractivity contribution is 5.80. The van der Waals surface area contributed by atoms with Gasteiger partial charge in [0.25, 0.3) is 0 Å². The van der Waals surface area contributed by atoms with Crippen LogP contribution in [0, 0.1) is 5.92 Å². The van der Waals surface area contributed by atoms with Gasteiger partial charge in [-0.3, -0.25) is 4.79 Å². The normalized spacial score (nSPS) is 23.2. The van der Waals surface area contributed by atoms with E-state index in [0.29, 0.717) is 13.0 Å². The first-order valence-corrected chi connectivity index (χ1v) is 7.45. The Balaban J connectivity index is 1.90. The van der Waals surface area contributed by atoms with E-state index in [0.717, 1.165) is 31.7 Å². The Bertz CT molecular complexity index is 537. The largest absolute Gasteiger partial charge is 0.416 e. The van der Waals surface area contributed by atoms with Crippen molar-refractivity contribution in [2.75, 3.05) is 6.54 Å². The molecule has 1 amide bonds. The molecular formula is C16H18F3NO. The van der Waals surface area contributed by atoms with Crippen LogP contribution < -0.4 is 0 Å². The lowest BCUT2D eigenvalue weighted by atomic mass is 9.84. The van der Waals surface area contributed by atoms with Gasteiger partial charge in [0.15, 0.2) is 0 Å². The molecule has 0 bridgehead atoms. The Morgan fingerprint density at radius 2 is 1.81 bits per heavy atom. The molecule has 1 atom stereocenters. The average molecular weight is 297 g/mol. The smallest absolute Gasteiger partial charge is 0.335 e. The van der Waals surface area contributed by atoms with Gasteiger partial charge in [-0.25, -0.2) is 0 Å². The minimum absolute atomic E-state index is 0.0312. The van der Waals surface area contributed by atoms with Gasteiger partial charge in [-0.05, 0) is 37.3 Å². The number of nitrogens with zero attached hydrogens (tertiary/aromatic N) is 1. The number of hydrogen-bond donors (Lipinski definition) is 0. The fraction of sp³-hybridized carbons (Fsp3) is 0.562. The molecule has 3 rings (SSSR count). The first-order valence-electron chi connectivity index (χ1n) is 7.45. The van der Waals surface area contributed by atoms with E-state index in [1.165, 1.54) is 12.1 Å². The molecule has 114 valence electrons. The lowest BCUT2D eigenvalue weighted by Crippen LogP contribution is -2.38. The standard InChI is InChI=1S/C16H18F3NO/c17-16(18,19)13-8-2-1-7-12(13)14-9-4-10-20(14)15(21)11-5-3-6-11/h1-2,7-8,11,14H,3-6,9-10H2/t14-/m0/s1. The quantitative estimate of drug-likeness (QED) is 0.802. The van der Waals surface area contributed by atoms with Crippen molar-refractivity contribution in [1.82, 2.24) is 4.90 Å². The highest BCUT2D eigenvalue weighted by Crippen LogP contribution is 2.42. The molecule has 1 aromatic carbocycles. The Labute approximate surface area is 121 Å². The average Bonchev–Trinajstić information content (AvgIpc) is 2.84. The van der Waals surface area contributed by atoms with Crippen LogP contribution in [0.25, 0.3) is 0 Å². The maximum Gasteiger partial charge on any atom is 0.416 e. The zero-order valence-corrected chi connectivity index (χ0v) is 11.7. The zero-order chi connectivity index (χ0) is 15.0. The number of alkyl halides is 3. The van der Waals surface area contributed by atoms with Crippen LogP contribution in [-0.2, 0) is 11.0 Å². The van der Waals surface area contributed by atoms with Gasteiger partial charge in [0.2, 0.25) is 5.91 Å². The summed E-state index contributed by atoms with van der Waals surface area (Å²) in [6.07, 6.45) is -0.175. The molecular weight excluding hydrogens is 279 g/mol. The molecule has 1 aliphatic carbocycles. The number of likely N-dealkylation sites (tertiary alicyclic amines) is 1. The fourth-order valence-electron chi connectivity index (χ4n) is 3.29. The minimum Gasteiger partial charge on any atom is -0.335 e. The van der Waals surface area contributed by atoms with E-state index in [9.17, 15) is 18.0 Å². The van der Waals surface area contributed by atoms with Gasteiger partial charge in [0.1, 0.15) is 0 Å². The summed E-state index contributed by atoms with van der Waals surface area (Å²) < 4.78 is 39.5. The van der Waals surface area contributed by atoms with Crippen LogP contribution in [0.15, 0.2) is 24.3 Å². The number of benzene rings is 1. The molecule has 0 aromatic heterocycles. The highest BCUT2D eigenvalue weighted by atomic mass is 19.4. The number of rotatable bonds is 2. The lowest BCUT2D eigenvalue weighted by molar-refractivity contribution is -0.142. The van der Waals surface area contributed by atoms with Gasteiger partial charge in [-0.1, -0.05) is 24.6 Å². The van der Waals surface area contributed by atoms with Gasteiger partial charge in [0, 0.05) is 12.5 Å². The molecule has 1 aromatic rings. The predicted molar refractivity (Wildman–Crippen MR) is 72.5 cm³/mol. The Kier molecular flexibility index (Phi) is 3.68. The van der Waals surface area contributed by atoms with Crippen molar-refractivity contribution in [3.8, 4) is 0 Å². The van der Waals surface area contributed by atoms with Crippen molar-refractivity contribution < 1.29 is 18.0 Å². The third kappa shape index (κ3) is 2.65. The van der Waals surface area contributed by atoms with E-state index in [1.54, 1.807) is 11.0 Å². The highest BCUT2D eigenvalue weighted by Gasteiger charge is 2.40. The summed E-state index contributed by atoms with van der Waals surface area (Å²) in [6.45, 7) is 0.576. The SMILES string of the molecule is O=C(C1CCC1)N1CCC[C@H]1c1ccccc1C(F)(F)F. The maximum atomic E-state index is 13.2. The predicted octanol–water partition coefficient (Wildman–Crippen LogP) is 4.17. The van der Waals surface area contributed by atoms with Gasteiger partial charge in [-0.2, -0.15) is 13.2 Å². The van der Waals surface area contributed by atoms with E-state index >= 15 is 0 Å². The molecule has 2 fully saturated rings. The van der Waals surface area contributed by atoms with Crippen LogP contribution in [-0.4, -0.2) is 17.4 Å². The van der Waals surface area contributed by atoms with Gasteiger partial charge in [0.05, 0.1) is 11.6 Å². The molecule has 0 N–H and O–H groups in total. The molecule has 0 spiro atoms. The Morgan fingerprint density at radius 1 is 1.10 bits per heavy atom. The van der Waals surface area contributed by atoms with Crippen LogP contribution >= 0.6 is 0 Å². The van der Waals surface area contributed by atoms with Gasteiger partial charge >= 0.3 is 6.18 Å². The van der Waals surface area contributed by atoms with E-state index in [4.69, 9.17) is 0 Å². The number of halogens is 3. The van der Waals surface area contributed by atoms with Crippen molar-refractivity contribution in [3.63, 3.8) is 0 Å². The summed E-state index contributed by atoms with van der Waals surface area (Å²) in [7, 11) is 0. The molecule has 0 radical (unpaired) electrons. The fourth-order valence-corrected chi connectivity index (χ4v) is 3.29. The molecule has 2 nitrogen and oxygen atoms in total. The summed E-state index contributed by atoms with van der Waals surface area (Å²) >= 11 is 0. The molecule has 1 saturated heterocycles. The molecule has 2 aliphatic rings. The minimum atomic E-state index is -4.37. The van der Waals surface area contributed by atoms with Crippen LogP contribution in [0.4, 0.5) is 13.2 Å². The van der Waals surface area contributed by atoms with Gasteiger partial charge < -0.3 is 4.90 Å². The summed E-state index contributed by atoms with van der Waals surface area (Å²) in [6, 6.07) is 5.23. The number of carbonyl (C=O) groups is 1. The third-order valence-electron chi connectivity index (χ3n) is 4.62. The summed E-state index contributed by atoms with van der Waals surface area (Å²) in [5.41, 5.74) is -0.363. The Hall–Kier alpha value is -1.52. The molecule has 5 heteroatoms. The van der Waals surface area contributed by atoms with Crippen molar-refractivity contribution in [2.45, 2.75) is 44.3 Å². The van der Waals surface area contributed by atoms with Crippen molar-refractivity contribution in [1.29, 1.82) is 0 Å². The molecule has 0 unspecified atom stereocenters. The molecule has 1 saturated carbocycles. The van der Waals surface area contributed by atoms with Crippen molar-refractivity contribution in [3.05, 3.63) is 35.4 Å². The monoisotopic (exact) mass is 297 g/mol. The molecule has 21 heavy (non-hydrogen) atoms. The first-order chi connectivity index (χ1) is 9.98. The number of hydrogen-bond acceptors (Lipinski definition) is 1. The van der Waals surface area contributed by atoms with E-state index in [2.05, 4.69) is 0 Å². The van der Waals surface area contributed by atoms with E-state index in [-0.39, 0.29) is 17.4 Å². The van der Waals surface area contributed by atoms with E-state index in [1.807, 2.05) is 0 Å². The van der Waals surface area contributed by atoms with Gasteiger partial charge in [-0.15, -0.1) is 0 Å².